The number of rotatable bonds is 3. The van der Waals surface area contributed by atoms with Gasteiger partial charge in [0.2, 0.25) is 0 Å². The van der Waals surface area contributed by atoms with Crippen molar-refractivity contribution in [3.8, 4) is 11.8 Å². The zero-order valence-electron chi connectivity index (χ0n) is 12.9. The van der Waals surface area contributed by atoms with Crippen LogP contribution in [-0.2, 0) is 14.6 Å². The lowest BCUT2D eigenvalue weighted by Gasteiger charge is -2.24. The van der Waals surface area contributed by atoms with Crippen molar-refractivity contribution in [1.82, 2.24) is 0 Å². The molecular formula is C15H15N3O4S2. The third-order valence-electron chi connectivity index (χ3n) is 3.87. The van der Waals surface area contributed by atoms with Gasteiger partial charge in [0.15, 0.2) is 15.0 Å². The highest BCUT2D eigenvalue weighted by atomic mass is 32.2. The van der Waals surface area contributed by atoms with Crippen LogP contribution in [0.4, 0.5) is 5.69 Å². The van der Waals surface area contributed by atoms with Gasteiger partial charge in [-0.25, -0.2) is 8.42 Å². The molecule has 3 rings (SSSR count). The minimum atomic E-state index is -3.10. The Labute approximate surface area is 144 Å². The molecule has 2 aliphatic heterocycles. The van der Waals surface area contributed by atoms with Gasteiger partial charge in [-0.2, -0.15) is 10.3 Å². The van der Waals surface area contributed by atoms with Gasteiger partial charge in [-0.3, -0.25) is 4.79 Å². The van der Waals surface area contributed by atoms with Crippen molar-refractivity contribution in [2.24, 2.45) is 4.99 Å². The Bertz CT molecular complexity index is 827. The summed E-state index contributed by atoms with van der Waals surface area (Å²) < 4.78 is 29.0. The first-order chi connectivity index (χ1) is 11.4. The highest BCUT2D eigenvalue weighted by Crippen LogP contribution is 2.41. The Morgan fingerprint density at radius 2 is 2.12 bits per heavy atom. The molecule has 0 aromatic heterocycles. The zero-order chi connectivity index (χ0) is 17.3. The third kappa shape index (κ3) is 3.25. The van der Waals surface area contributed by atoms with E-state index in [4.69, 9.17) is 10.00 Å². The number of hydrogen-bond donors (Lipinski definition) is 0. The number of fused-ring (bicyclic) bond motifs is 1. The Morgan fingerprint density at radius 3 is 2.75 bits per heavy atom. The van der Waals surface area contributed by atoms with Gasteiger partial charge in [0.05, 0.1) is 30.7 Å². The Morgan fingerprint density at radius 1 is 1.42 bits per heavy atom. The summed E-state index contributed by atoms with van der Waals surface area (Å²) in [5.74, 6) is 0.254. The molecule has 0 N–H and O–H groups in total. The lowest BCUT2D eigenvalue weighted by Crippen LogP contribution is -2.37. The van der Waals surface area contributed by atoms with Crippen LogP contribution in [-0.4, -0.2) is 49.4 Å². The highest BCUT2D eigenvalue weighted by Gasteiger charge is 2.49. The number of anilines is 1. The largest absolute Gasteiger partial charge is 0.497 e. The molecule has 1 amide bonds. The molecule has 1 aromatic carbocycles. The third-order valence-corrected chi connectivity index (χ3v) is 7.08. The fourth-order valence-electron chi connectivity index (χ4n) is 2.82. The first kappa shape index (κ1) is 16.8. The summed E-state index contributed by atoms with van der Waals surface area (Å²) in [6.07, 6.45) is -0.297. The van der Waals surface area contributed by atoms with Gasteiger partial charge in [0.25, 0.3) is 5.91 Å². The second-order valence-corrected chi connectivity index (χ2v) is 8.85. The first-order valence-electron chi connectivity index (χ1n) is 7.22. The molecule has 2 atom stereocenters. The predicted octanol–water partition coefficient (Wildman–Crippen LogP) is 1.21. The lowest BCUT2D eigenvalue weighted by atomic mass is 10.2. The maximum Gasteiger partial charge on any atom is 0.262 e. The summed E-state index contributed by atoms with van der Waals surface area (Å²) in [4.78, 5) is 17.5. The maximum atomic E-state index is 11.9. The van der Waals surface area contributed by atoms with Crippen molar-refractivity contribution in [2.75, 3.05) is 23.5 Å². The molecular weight excluding hydrogens is 350 g/mol. The van der Waals surface area contributed by atoms with E-state index in [9.17, 15) is 13.2 Å². The standard InChI is InChI=1S/C15H15N3O4S2/c1-22-11-4-2-10(3-5-11)18-12-8-24(20,21)9-13(12)23-15(18)17-14(19)6-7-16/h2-5,12-13H,6,8-9H2,1H3/t12-,13+/m0/s1. The van der Waals surface area contributed by atoms with Crippen LogP contribution in [0.1, 0.15) is 6.42 Å². The molecule has 0 radical (unpaired) electrons. The highest BCUT2D eigenvalue weighted by molar-refractivity contribution is 8.16. The van der Waals surface area contributed by atoms with Crippen LogP contribution in [0.3, 0.4) is 0 Å². The van der Waals surface area contributed by atoms with E-state index in [2.05, 4.69) is 4.99 Å². The molecule has 0 saturated carbocycles. The number of thioether (sulfide) groups is 1. The molecule has 2 saturated heterocycles. The molecule has 9 heteroatoms. The molecule has 2 heterocycles. The maximum absolute atomic E-state index is 11.9. The summed E-state index contributed by atoms with van der Waals surface area (Å²) in [6, 6.07) is 8.66. The molecule has 2 fully saturated rings. The smallest absolute Gasteiger partial charge is 0.262 e. The van der Waals surface area contributed by atoms with Crippen LogP contribution in [0, 0.1) is 11.3 Å². The van der Waals surface area contributed by atoms with Crippen LogP contribution >= 0.6 is 11.8 Å². The van der Waals surface area contributed by atoms with Crippen molar-refractivity contribution >= 4 is 38.4 Å². The number of benzene rings is 1. The Hall–Kier alpha value is -2.05. The van der Waals surface area contributed by atoms with Crippen LogP contribution in [0.5, 0.6) is 5.75 Å². The number of amides is 1. The first-order valence-corrected chi connectivity index (χ1v) is 9.92. The van der Waals surface area contributed by atoms with E-state index >= 15 is 0 Å². The van der Waals surface area contributed by atoms with Crippen LogP contribution in [0.25, 0.3) is 0 Å². The summed E-state index contributed by atoms with van der Waals surface area (Å²) in [7, 11) is -1.54. The number of hydrogen-bond acceptors (Lipinski definition) is 6. The number of methoxy groups -OCH3 is 1. The van der Waals surface area contributed by atoms with Gasteiger partial charge in [-0.1, -0.05) is 11.8 Å². The zero-order valence-corrected chi connectivity index (χ0v) is 14.5. The van der Waals surface area contributed by atoms with Crippen molar-refractivity contribution in [2.45, 2.75) is 17.7 Å². The van der Waals surface area contributed by atoms with Gasteiger partial charge in [-0.05, 0) is 24.3 Å². The van der Waals surface area contributed by atoms with E-state index in [0.717, 1.165) is 5.69 Å². The molecule has 24 heavy (non-hydrogen) atoms. The minimum absolute atomic E-state index is 0.0299. The molecule has 0 bridgehead atoms. The molecule has 7 nitrogen and oxygen atoms in total. The molecule has 126 valence electrons. The van der Waals surface area contributed by atoms with E-state index < -0.39 is 15.7 Å². The number of aliphatic imine (C=N–C) groups is 1. The van der Waals surface area contributed by atoms with E-state index in [1.807, 2.05) is 0 Å². The van der Waals surface area contributed by atoms with Crippen molar-refractivity contribution in [1.29, 1.82) is 5.26 Å². The molecule has 0 spiro atoms. The van der Waals surface area contributed by atoms with E-state index in [0.29, 0.717) is 10.9 Å². The fraction of sp³-hybridized carbons (Fsp3) is 0.400. The fourth-order valence-corrected chi connectivity index (χ4v) is 6.75. The number of carbonyl (C=O) groups is 1. The topological polar surface area (TPSA) is 99.8 Å². The molecule has 0 unspecified atom stereocenters. The monoisotopic (exact) mass is 365 g/mol. The van der Waals surface area contributed by atoms with Crippen molar-refractivity contribution in [3.63, 3.8) is 0 Å². The lowest BCUT2D eigenvalue weighted by molar-refractivity contribution is -0.116. The number of nitriles is 1. The predicted molar refractivity (Wildman–Crippen MR) is 92.0 cm³/mol. The quantitative estimate of drug-likeness (QED) is 0.793. The molecule has 1 aromatic rings. The van der Waals surface area contributed by atoms with Gasteiger partial charge in [0.1, 0.15) is 12.2 Å². The second kappa shape index (κ2) is 6.45. The van der Waals surface area contributed by atoms with Gasteiger partial charge < -0.3 is 9.64 Å². The van der Waals surface area contributed by atoms with Gasteiger partial charge >= 0.3 is 0 Å². The van der Waals surface area contributed by atoms with Crippen LogP contribution < -0.4 is 9.64 Å². The molecule has 2 aliphatic rings. The van der Waals surface area contributed by atoms with E-state index in [-0.39, 0.29) is 29.2 Å². The van der Waals surface area contributed by atoms with Gasteiger partial charge in [-0.15, -0.1) is 0 Å². The average molecular weight is 365 g/mol. The van der Waals surface area contributed by atoms with Crippen LogP contribution in [0.2, 0.25) is 0 Å². The van der Waals surface area contributed by atoms with E-state index in [1.54, 1.807) is 42.3 Å². The molecule has 0 aliphatic carbocycles. The number of ether oxygens (including phenoxy) is 1. The Balaban J connectivity index is 1.97. The van der Waals surface area contributed by atoms with Gasteiger partial charge in [0, 0.05) is 10.9 Å². The van der Waals surface area contributed by atoms with Crippen LogP contribution in [0.15, 0.2) is 29.3 Å². The minimum Gasteiger partial charge on any atom is -0.497 e. The summed E-state index contributed by atoms with van der Waals surface area (Å²) in [5, 5.41) is 8.92. The Kier molecular flexibility index (Phi) is 4.51. The normalized spacial score (nSPS) is 26.2. The summed E-state index contributed by atoms with van der Waals surface area (Å²) >= 11 is 1.29. The number of amidine groups is 1. The number of nitrogens with zero attached hydrogens (tertiary/aromatic N) is 3. The SMILES string of the molecule is COc1ccc(N2C(=NC(=O)CC#N)S[C@@H]3CS(=O)(=O)C[C@@H]32)cc1. The van der Waals surface area contributed by atoms with Crippen molar-refractivity contribution in [3.05, 3.63) is 24.3 Å². The second-order valence-electron chi connectivity index (χ2n) is 5.49. The summed E-state index contributed by atoms with van der Waals surface area (Å²) in [6.45, 7) is 0. The number of sulfone groups is 1. The number of carbonyl (C=O) groups excluding carboxylic acids is 1. The van der Waals surface area contributed by atoms with Crippen molar-refractivity contribution < 1.29 is 17.9 Å². The average Bonchev–Trinajstić information content (AvgIpc) is 2.98. The van der Waals surface area contributed by atoms with E-state index in [1.165, 1.54) is 11.8 Å². The summed E-state index contributed by atoms with van der Waals surface area (Å²) in [5.41, 5.74) is 0.747.